The molecule has 2 heteroatoms. The molecule has 1 aliphatic rings. The molecule has 1 aliphatic carbocycles. The van der Waals surface area contributed by atoms with Crippen LogP contribution in [-0.2, 0) is 15.4 Å². The summed E-state index contributed by atoms with van der Waals surface area (Å²) in [5, 5.41) is 0. The van der Waals surface area contributed by atoms with Crippen molar-refractivity contribution in [2.45, 2.75) is 32.0 Å². The van der Waals surface area contributed by atoms with Crippen molar-refractivity contribution in [2.24, 2.45) is 0 Å². The summed E-state index contributed by atoms with van der Waals surface area (Å²) in [6, 6.07) is 27.1. The fourth-order valence-electron chi connectivity index (χ4n) is 3.50. The van der Waals surface area contributed by atoms with Gasteiger partial charge in [-0.15, -0.1) is 0 Å². The molecule has 0 N–H and O–H groups in total. The number of hydrogen-bond acceptors (Lipinski definition) is 2. The first-order valence-corrected chi connectivity index (χ1v) is 8.64. The maximum atomic E-state index is 6.29. The Labute approximate surface area is 149 Å². The second-order valence-electron chi connectivity index (χ2n) is 7.42. The largest absolute Gasteiger partial charge is 0.229 e. The van der Waals surface area contributed by atoms with Gasteiger partial charge in [0.15, 0.2) is 5.60 Å². The Bertz CT molecular complexity index is 846. The van der Waals surface area contributed by atoms with E-state index in [0.29, 0.717) is 0 Å². The van der Waals surface area contributed by atoms with Crippen molar-refractivity contribution in [3.8, 4) is 11.1 Å². The number of rotatable bonds is 3. The Morgan fingerprint density at radius 1 is 0.640 bits per heavy atom. The lowest BCUT2D eigenvalue weighted by Crippen LogP contribution is -2.34. The van der Waals surface area contributed by atoms with Crippen LogP contribution >= 0.6 is 0 Å². The molecule has 0 amide bonds. The van der Waals surface area contributed by atoms with Crippen molar-refractivity contribution in [3.05, 3.63) is 95.6 Å². The van der Waals surface area contributed by atoms with Crippen LogP contribution < -0.4 is 0 Å². The van der Waals surface area contributed by atoms with Crippen molar-refractivity contribution < 1.29 is 9.78 Å². The first-order chi connectivity index (χ1) is 12.0. The minimum atomic E-state index is -0.762. The standard InChI is InChI=1S/C23H22O2/c1-22(2,3)24-25-23(17-11-5-4-6-12-17)20-15-9-7-13-18(20)19-14-8-10-16-21(19)23/h4-16H,1-3H3. The van der Waals surface area contributed by atoms with Gasteiger partial charge in [-0.25, -0.2) is 9.78 Å². The van der Waals surface area contributed by atoms with E-state index in [1.807, 2.05) is 39.0 Å². The van der Waals surface area contributed by atoms with E-state index < -0.39 is 11.2 Å². The van der Waals surface area contributed by atoms with Gasteiger partial charge >= 0.3 is 0 Å². The quantitative estimate of drug-likeness (QED) is 0.452. The predicted molar refractivity (Wildman–Crippen MR) is 100 cm³/mol. The van der Waals surface area contributed by atoms with Gasteiger partial charge in [0.05, 0.1) is 5.60 Å². The van der Waals surface area contributed by atoms with Gasteiger partial charge in [0.25, 0.3) is 0 Å². The molecule has 0 heterocycles. The van der Waals surface area contributed by atoms with E-state index in [4.69, 9.17) is 9.78 Å². The van der Waals surface area contributed by atoms with Crippen LogP contribution in [0.3, 0.4) is 0 Å². The van der Waals surface area contributed by atoms with Gasteiger partial charge in [-0.2, -0.15) is 0 Å². The Hall–Kier alpha value is -2.42. The summed E-state index contributed by atoms with van der Waals surface area (Å²) in [5.74, 6) is 0. The molecule has 0 saturated carbocycles. The van der Waals surface area contributed by atoms with Crippen LogP contribution in [0.2, 0.25) is 0 Å². The first kappa shape index (κ1) is 16.1. The van der Waals surface area contributed by atoms with Gasteiger partial charge in [-0.1, -0.05) is 78.9 Å². The van der Waals surface area contributed by atoms with Gasteiger partial charge in [0.1, 0.15) is 0 Å². The normalized spacial score (nSPS) is 14.8. The fourth-order valence-corrected chi connectivity index (χ4v) is 3.50. The second kappa shape index (κ2) is 5.83. The summed E-state index contributed by atoms with van der Waals surface area (Å²) >= 11 is 0. The molecule has 0 saturated heterocycles. The van der Waals surface area contributed by atoms with Gasteiger partial charge < -0.3 is 0 Å². The summed E-state index contributed by atoms with van der Waals surface area (Å²) in [4.78, 5) is 12.2. The van der Waals surface area contributed by atoms with Gasteiger partial charge in [-0.3, -0.25) is 0 Å². The Kier molecular flexibility index (Phi) is 3.75. The van der Waals surface area contributed by atoms with Crippen molar-refractivity contribution in [1.29, 1.82) is 0 Å². The zero-order valence-electron chi connectivity index (χ0n) is 14.8. The van der Waals surface area contributed by atoms with Crippen molar-refractivity contribution in [1.82, 2.24) is 0 Å². The molecular formula is C23H22O2. The summed E-state index contributed by atoms with van der Waals surface area (Å²) in [6.07, 6.45) is 0. The SMILES string of the molecule is CC(C)(C)OOC1(c2ccccc2)c2ccccc2-c2ccccc21. The molecule has 0 atom stereocenters. The van der Waals surface area contributed by atoms with Crippen molar-refractivity contribution in [2.75, 3.05) is 0 Å². The zero-order valence-corrected chi connectivity index (χ0v) is 14.8. The highest BCUT2D eigenvalue weighted by atomic mass is 17.2. The third-order valence-electron chi connectivity index (χ3n) is 4.50. The molecule has 0 unspecified atom stereocenters. The molecule has 3 aromatic rings. The molecular weight excluding hydrogens is 308 g/mol. The molecule has 0 aliphatic heterocycles. The summed E-state index contributed by atoms with van der Waals surface area (Å²) in [5.41, 5.74) is 4.52. The Morgan fingerprint density at radius 2 is 1.12 bits per heavy atom. The lowest BCUT2D eigenvalue weighted by molar-refractivity contribution is -0.389. The first-order valence-electron chi connectivity index (χ1n) is 8.64. The third-order valence-corrected chi connectivity index (χ3v) is 4.50. The lowest BCUT2D eigenvalue weighted by Gasteiger charge is -2.34. The summed E-state index contributed by atoms with van der Waals surface area (Å²) in [6.45, 7) is 6.00. The minimum Gasteiger partial charge on any atom is -0.229 e. The van der Waals surface area contributed by atoms with E-state index >= 15 is 0 Å². The maximum Gasteiger partial charge on any atom is 0.180 e. The maximum absolute atomic E-state index is 6.29. The van der Waals surface area contributed by atoms with Crippen LogP contribution in [-0.4, -0.2) is 5.60 Å². The second-order valence-corrected chi connectivity index (χ2v) is 7.42. The van der Waals surface area contributed by atoms with E-state index in [0.717, 1.165) is 16.7 Å². The topological polar surface area (TPSA) is 18.5 Å². The van der Waals surface area contributed by atoms with Crippen LogP contribution in [0.1, 0.15) is 37.5 Å². The minimum absolute atomic E-state index is 0.408. The molecule has 3 aromatic carbocycles. The zero-order chi connectivity index (χ0) is 17.5. The van der Waals surface area contributed by atoms with Crippen LogP contribution in [0.4, 0.5) is 0 Å². The van der Waals surface area contributed by atoms with Crippen LogP contribution in [0.5, 0.6) is 0 Å². The monoisotopic (exact) mass is 330 g/mol. The number of benzene rings is 3. The molecule has 25 heavy (non-hydrogen) atoms. The van der Waals surface area contributed by atoms with Crippen molar-refractivity contribution in [3.63, 3.8) is 0 Å². The van der Waals surface area contributed by atoms with Crippen LogP contribution in [0.15, 0.2) is 78.9 Å². The Morgan fingerprint density at radius 3 is 1.64 bits per heavy atom. The number of hydrogen-bond donors (Lipinski definition) is 0. The van der Waals surface area contributed by atoms with Crippen LogP contribution in [0.25, 0.3) is 11.1 Å². The summed E-state index contributed by atoms with van der Waals surface area (Å²) < 4.78 is 0. The fraction of sp³-hybridized carbons (Fsp3) is 0.217. The third kappa shape index (κ3) is 2.58. The van der Waals surface area contributed by atoms with Crippen LogP contribution in [0, 0.1) is 0 Å². The van der Waals surface area contributed by atoms with E-state index in [1.165, 1.54) is 11.1 Å². The molecule has 2 nitrogen and oxygen atoms in total. The van der Waals surface area contributed by atoms with Crippen molar-refractivity contribution >= 4 is 0 Å². The van der Waals surface area contributed by atoms with Gasteiger partial charge in [0, 0.05) is 11.1 Å². The highest BCUT2D eigenvalue weighted by molar-refractivity contribution is 5.82. The van der Waals surface area contributed by atoms with Gasteiger partial charge in [-0.05, 0) is 37.5 Å². The predicted octanol–water partition coefficient (Wildman–Crippen LogP) is 5.71. The average Bonchev–Trinajstić information content (AvgIpc) is 2.92. The molecule has 0 fully saturated rings. The van der Waals surface area contributed by atoms with E-state index in [-0.39, 0.29) is 0 Å². The molecule has 126 valence electrons. The molecule has 0 radical (unpaired) electrons. The number of fused-ring (bicyclic) bond motifs is 3. The van der Waals surface area contributed by atoms with Gasteiger partial charge in [0.2, 0.25) is 0 Å². The molecule has 0 spiro atoms. The Balaban J connectivity index is 2.00. The van der Waals surface area contributed by atoms with E-state index in [1.54, 1.807) is 0 Å². The average molecular weight is 330 g/mol. The summed E-state index contributed by atoms with van der Waals surface area (Å²) in [7, 11) is 0. The molecule has 4 rings (SSSR count). The van der Waals surface area contributed by atoms with E-state index in [9.17, 15) is 0 Å². The molecule has 0 bridgehead atoms. The van der Waals surface area contributed by atoms with E-state index in [2.05, 4.69) is 60.7 Å². The highest BCUT2D eigenvalue weighted by Crippen LogP contribution is 2.53. The molecule has 0 aromatic heterocycles. The smallest absolute Gasteiger partial charge is 0.180 e. The lowest BCUT2D eigenvalue weighted by atomic mass is 9.84. The highest BCUT2D eigenvalue weighted by Gasteiger charge is 2.47.